The average molecular weight is 263 g/mol. The first kappa shape index (κ1) is 14.1. The molecule has 0 radical (unpaired) electrons. The number of carbonyl (C=O) groups is 1. The Kier molecular flexibility index (Phi) is 4.64. The highest BCUT2D eigenvalue weighted by atomic mass is 16.2. The van der Waals surface area contributed by atoms with Crippen LogP contribution in [0.15, 0.2) is 18.3 Å². The van der Waals surface area contributed by atoms with Crippen molar-refractivity contribution in [2.45, 2.75) is 39.2 Å². The average Bonchev–Trinajstić information content (AvgIpc) is 3.03. The van der Waals surface area contributed by atoms with Gasteiger partial charge in [0.15, 0.2) is 0 Å². The molecular formula is C15H25N3O. The topological polar surface area (TPSA) is 62.1 Å². The number of rotatable bonds is 5. The van der Waals surface area contributed by atoms with Crippen LogP contribution in [0.4, 0.5) is 0 Å². The highest BCUT2D eigenvalue weighted by Gasteiger charge is 2.33. The first-order valence-electron chi connectivity index (χ1n) is 7.27. The van der Waals surface area contributed by atoms with E-state index in [2.05, 4.69) is 24.9 Å². The van der Waals surface area contributed by atoms with Gasteiger partial charge in [-0.2, -0.15) is 0 Å². The fraction of sp³-hybridized carbons (Fsp3) is 0.667. The van der Waals surface area contributed by atoms with Crippen LogP contribution in [0.2, 0.25) is 0 Å². The predicted octanol–water partition coefficient (Wildman–Crippen LogP) is 2.30. The molecule has 0 saturated carbocycles. The Morgan fingerprint density at radius 1 is 1.58 bits per heavy atom. The minimum absolute atomic E-state index is 0.0319. The molecule has 2 atom stereocenters. The van der Waals surface area contributed by atoms with Crippen LogP contribution in [-0.2, 0) is 4.79 Å². The zero-order valence-electron chi connectivity index (χ0n) is 11.9. The van der Waals surface area contributed by atoms with Gasteiger partial charge in [-0.3, -0.25) is 4.79 Å². The Bertz CT molecular complexity index is 400. The SMILES string of the molecule is CC(C)CC(CN)C(=O)N1CCCC1c1ccc[nH]1. The quantitative estimate of drug-likeness (QED) is 0.856. The van der Waals surface area contributed by atoms with Crippen LogP contribution in [-0.4, -0.2) is 28.9 Å². The number of hydrogen-bond acceptors (Lipinski definition) is 2. The maximum absolute atomic E-state index is 12.6. The zero-order chi connectivity index (χ0) is 13.8. The number of aromatic amines is 1. The van der Waals surface area contributed by atoms with E-state index in [0.717, 1.165) is 31.5 Å². The fourth-order valence-electron chi connectivity index (χ4n) is 3.01. The van der Waals surface area contributed by atoms with E-state index in [4.69, 9.17) is 5.73 Å². The molecule has 1 aliphatic heterocycles. The van der Waals surface area contributed by atoms with Gasteiger partial charge in [-0.1, -0.05) is 13.8 Å². The lowest BCUT2D eigenvalue weighted by Crippen LogP contribution is -2.39. The molecule has 1 amide bonds. The van der Waals surface area contributed by atoms with Gasteiger partial charge in [0.2, 0.25) is 5.91 Å². The number of carbonyl (C=O) groups excluding carboxylic acids is 1. The maximum Gasteiger partial charge on any atom is 0.227 e. The lowest BCUT2D eigenvalue weighted by Gasteiger charge is -2.28. The number of amides is 1. The Hall–Kier alpha value is -1.29. The van der Waals surface area contributed by atoms with Gasteiger partial charge >= 0.3 is 0 Å². The van der Waals surface area contributed by atoms with E-state index in [-0.39, 0.29) is 17.9 Å². The Morgan fingerprint density at radius 3 is 2.95 bits per heavy atom. The molecule has 2 unspecified atom stereocenters. The van der Waals surface area contributed by atoms with Crippen LogP contribution in [0.25, 0.3) is 0 Å². The molecule has 2 heterocycles. The molecule has 0 bridgehead atoms. The largest absolute Gasteiger partial charge is 0.363 e. The molecule has 0 spiro atoms. The van der Waals surface area contributed by atoms with Crippen molar-refractivity contribution >= 4 is 5.91 Å². The summed E-state index contributed by atoms with van der Waals surface area (Å²) in [5.74, 6) is 0.702. The standard InChI is InChI=1S/C15H25N3O/c1-11(2)9-12(10-16)15(19)18-8-4-6-14(18)13-5-3-7-17-13/h3,5,7,11-12,14,17H,4,6,8-10,16H2,1-2H3. The molecule has 2 rings (SSSR count). The van der Waals surface area contributed by atoms with E-state index in [1.165, 1.54) is 0 Å². The van der Waals surface area contributed by atoms with Gasteiger partial charge in [0.05, 0.1) is 12.0 Å². The van der Waals surface area contributed by atoms with E-state index < -0.39 is 0 Å². The van der Waals surface area contributed by atoms with Crippen LogP contribution in [0.1, 0.15) is 44.8 Å². The first-order chi connectivity index (χ1) is 9.13. The Labute approximate surface area is 115 Å². The highest BCUT2D eigenvalue weighted by molar-refractivity contribution is 5.79. The molecule has 4 heteroatoms. The van der Waals surface area contributed by atoms with Gasteiger partial charge in [0.25, 0.3) is 0 Å². The second-order valence-corrected chi connectivity index (χ2v) is 5.88. The molecular weight excluding hydrogens is 238 g/mol. The van der Waals surface area contributed by atoms with Gasteiger partial charge in [-0.15, -0.1) is 0 Å². The lowest BCUT2D eigenvalue weighted by atomic mass is 9.95. The molecule has 1 aromatic heterocycles. The molecule has 19 heavy (non-hydrogen) atoms. The van der Waals surface area contributed by atoms with Crippen LogP contribution in [0.5, 0.6) is 0 Å². The Balaban J connectivity index is 2.08. The van der Waals surface area contributed by atoms with Crippen molar-refractivity contribution in [3.8, 4) is 0 Å². The van der Waals surface area contributed by atoms with Crippen LogP contribution >= 0.6 is 0 Å². The van der Waals surface area contributed by atoms with Gasteiger partial charge < -0.3 is 15.6 Å². The molecule has 1 aromatic rings. The van der Waals surface area contributed by atoms with Crippen molar-refractivity contribution in [1.29, 1.82) is 0 Å². The lowest BCUT2D eigenvalue weighted by molar-refractivity contribution is -0.136. The molecule has 1 aliphatic rings. The summed E-state index contributed by atoms with van der Waals surface area (Å²) in [6.45, 7) is 5.59. The molecule has 0 aromatic carbocycles. The second-order valence-electron chi connectivity index (χ2n) is 5.88. The third-order valence-corrected chi connectivity index (χ3v) is 3.91. The molecule has 3 N–H and O–H groups in total. The maximum atomic E-state index is 12.6. The highest BCUT2D eigenvalue weighted by Crippen LogP contribution is 2.32. The number of aromatic nitrogens is 1. The van der Waals surface area contributed by atoms with Crippen molar-refractivity contribution in [2.24, 2.45) is 17.6 Å². The third-order valence-electron chi connectivity index (χ3n) is 3.91. The van der Waals surface area contributed by atoms with Crippen molar-refractivity contribution in [2.75, 3.05) is 13.1 Å². The molecule has 4 nitrogen and oxygen atoms in total. The van der Waals surface area contributed by atoms with Crippen LogP contribution in [0, 0.1) is 11.8 Å². The van der Waals surface area contributed by atoms with Crippen molar-refractivity contribution in [3.05, 3.63) is 24.0 Å². The van der Waals surface area contributed by atoms with Gasteiger partial charge in [0, 0.05) is 25.0 Å². The summed E-state index contributed by atoms with van der Waals surface area (Å²) >= 11 is 0. The third kappa shape index (κ3) is 3.18. The van der Waals surface area contributed by atoms with E-state index in [0.29, 0.717) is 12.5 Å². The zero-order valence-corrected chi connectivity index (χ0v) is 11.9. The van der Waals surface area contributed by atoms with Crippen LogP contribution < -0.4 is 5.73 Å². The number of nitrogens with two attached hydrogens (primary N) is 1. The van der Waals surface area contributed by atoms with E-state index >= 15 is 0 Å². The number of H-pyrrole nitrogens is 1. The number of nitrogens with one attached hydrogen (secondary N) is 1. The van der Waals surface area contributed by atoms with E-state index in [1.807, 2.05) is 17.2 Å². The Morgan fingerprint density at radius 2 is 2.37 bits per heavy atom. The van der Waals surface area contributed by atoms with E-state index in [9.17, 15) is 4.79 Å². The smallest absolute Gasteiger partial charge is 0.227 e. The molecule has 1 saturated heterocycles. The van der Waals surface area contributed by atoms with Gasteiger partial charge in [0.1, 0.15) is 0 Å². The normalized spacial score (nSPS) is 21.1. The molecule has 1 fully saturated rings. The van der Waals surface area contributed by atoms with Crippen LogP contribution in [0.3, 0.4) is 0 Å². The molecule has 106 valence electrons. The van der Waals surface area contributed by atoms with E-state index in [1.54, 1.807) is 0 Å². The van der Waals surface area contributed by atoms with Crippen molar-refractivity contribution in [1.82, 2.24) is 9.88 Å². The number of likely N-dealkylation sites (tertiary alicyclic amines) is 1. The van der Waals surface area contributed by atoms with Crippen molar-refractivity contribution in [3.63, 3.8) is 0 Å². The fourth-order valence-corrected chi connectivity index (χ4v) is 3.01. The minimum Gasteiger partial charge on any atom is -0.363 e. The second kappa shape index (κ2) is 6.24. The summed E-state index contributed by atoms with van der Waals surface area (Å²) < 4.78 is 0. The summed E-state index contributed by atoms with van der Waals surface area (Å²) in [6.07, 6.45) is 4.92. The monoisotopic (exact) mass is 263 g/mol. The van der Waals surface area contributed by atoms with Crippen molar-refractivity contribution < 1.29 is 4.79 Å². The van der Waals surface area contributed by atoms with Gasteiger partial charge in [-0.05, 0) is 37.3 Å². The summed E-state index contributed by atoms with van der Waals surface area (Å²) in [7, 11) is 0. The summed E-state index contributed by atoms with van der Waals surface area (Å²) in [5, 5.41) is 0. The first-order valence-corrected chi connectivity index (χ1v) is 7.27. The van der Waals surface area contributed by atoms with Gasteiger partial charge in [-0.25, -0.2) is 0 Å². The summed E-state index contributed by atoms with van der Waals surface area (Å²) in [6, 6.07) is 4.27. The molecule has 0 aliphatic carbocycles. The summed E-state index contributed by atoms with van der Waals surface area (Å²) in [4.78, 5) is 17.9. The number of hydrogen-bond donors (Lipinski definition) is 2. The summed E-state index contributed by atoms with van der Waals surface area (Å²) in [5.41, 5.74) is 6.94. The number of nitrogens with zero attached hydrogens (tertiary/aromatic N) is 1. The minimum atomic E-state index is -0.0319. The predicted molar refractivity (Wildman–Crippen MR) is 76.5 cm³/mol.